The summed E-state index contributed by atoms with van der Waals surface area (Å²) < 4.78 is 1.39. The number of H-pyrrole nitrogens is 1. The zero-order valence-electron chi connectivity index (χ0n) is 12.6. The fraction of sp³-hybridized carbons (Fsp3) is 0.357. The Kier molecular flexibility index (Phi) is 4.86. The Hall–Kier alpha value is -2.42. The number of thioether (sulfide) groups is 1. The van der Waals surface area contributed by atoms with E-state index in [-0.39, 0.29) is 18.5 Å². The van der Waals surface area contributed by atoms with Crippen molar-refractivity contribution in [2.75, 3.05) is 12.0 Å². The highest BCUT2D eigenvalue weighted by molar-refractivity contribution is 7.98. The summed E-state index contributed by atoms with van der Waals surface area (Å²) in [4.78, 5) is 20.1. The van der Waals surface area contributed by atoms with Gasteiger partial charge in [-0.05, 0) is 41.0 Å². The number of nitrogens with zero attached hydrogens (tertiary/aromatic N) is 5. The van der Waals surface area contributed by atoms with E-state index in [4.69, 9.17) is 0 Å². The summed E-state index contributed by atoms with van der Waals surface area (Å²) in [5, 5.41) is 13.7. The first-order valence-electron chi connectivity index (χ1n) is 7.20. The van der Waals surface area contributed by atoms with Gasteiger partial charge >= 0.3 is 0 Å². The summed E-state index contributed by atoms with van der Waals surface area (Å²) in [5.74, 6) is 1.54. The van der Waals surface area contributed by atoms with Gasteiger partial charge < -0.3 is 10.3 Å². The molecule has 1 aromatic carbocycles. The minimum absolute atomic E-state index is 0.0863. The number of tetrazole rings is 1. The van der Waals surface area contributed by atoms with Crippen LogP contribution in [0, 0.1) is 0 Å². The summed E-state index contributed by atoms with van der Waals surface area (Å²) in [6, 6.07) is 7.65. The quantitative estimate of drug-likeness (QED) is 0.674. The van der Waals surface area contributed by atoms with Gasteiger partial charge in [-0.1, -0.05) is 12.1 Å². The second-order valence-electron chi connectivity index (χ2n) is 5.05. The second-order valence-corrected chi connectivity index (χ2v) is 6.03. The number of carbonyl (C=O) groups is 1. The molecule has 0 saturated heterocycles. The molecular formula is C14H17N7OS. The Balaban J connectivity index is 1.75. The van der Waals surface area contributed by atoms with Gasteiger partial charge in [-0.15, -0.1) is 5.10 Å². The highest BCUT2D eigenvalue weighted by Crippen LogP contribution is 2.20. The molecule has 9 heteroatoms. The molecule has 0 spiro atoms. The van der Waals surface area contributed by atoms with Gasteiger partial charge in [-0.2, -0.15) is 11.8 Å². The van der Waals surface area contributed by atoms with Crippen molar-refractivity contribution in [1.29, 1.82) is 0 Å². The van der Waals surface area contributed by atoms with Crippen molar-refractivity contribution >= 4 is 28.7 Å². The number of hydrogen-bond acceptors (Lipinski definition) is 6. The van der Waals surface area contributed by atoms with Gasteiger partial charge in [0.2, 0.25) is 5.91 Å². The normalized spacial score (nSPS) is 12.4. The summed E-state index contributed by atoms with van der Waals surface area (Å²) in [5.41, 5.74) is 1.86. The minimum atomic E-state index is -0.168. The lowest BCUT2D eigenvalue weighted by Gasteiger charge is -2.16. The molecule has 8 nitrogen and oxygen atoms in total. The van der Waals surface area contributed by atoms with Gasteiger partial charge in [-0.25, -0.2) is 9.67 Å². The molecule has 0 fully saturated rings. The van der Waals surface area contributed by atoms with Gasteiger partial charge in [0.25, 0.3) is 0 Å². The molecule has 0 radical (unpaired) electrons. The first kappa shape index (κ1) is 15.5. The van der Waals surface area contributed by atoms with Crippen LogP contribution in [-0.4, -0.2) is 48.1 Å². The number of benzene rings is 1. The molecule has 23 heavy (non-hydrogen) atoms. The number of amides is 1. The lowest BCUT2D eigenvalue weighted by Crippen LogP contribution is -2.32. The molecule has 3 aromatic rings. The Bertz CT molecular complexity index is 737. The van der Waals surface area contributed by atoms with E-state index in [1.54, 1.807) is 11.8 Å². The van der Waals surface area contributed by atoms with Gasteiger partial charge in [0.15, 0.2) is 0 Å². The van der Waals surface area contributed by atoms with E-state index in [1.165, 1.54) is 11.0 Å². The first-order valence-corrected chi connectivity index (χ1v) is 8.59. The van der Waals surface area contributed by atoms with Crippen LogP contribution in [0.3, 0.4) is 0 Å². The molecule has 0 saturated carbocycles. The van der Waals surface area contributed by atoms with E-state index in [0.29, 0.717) is 0 Å². The van der Waals surface area contributed by atoms with Gasteiger partial charge in [0.1, 0.15) is 18.7 Å². The molecular weight excluding hydrogens is 314 g/mol. The van der Waals surface area contributed by atoms with Gasteiger partial charge in [0.05, 0.1) is 17.1 Å². The Morgan fingerprint density at radius 3 is 3.04 bits per heavy atom. The number of para-hydroxylation sites is 2. The second kappa shape index (κ2) is 7.23. The summed E-state index contributed by atoms with van der Waals surface area (Å²) in [6.45, 7) is 0.0863. The van der Waals surface area contributed by atoms with Crippen LogP contribution >= 0.6 is 11.8 Å². The lowest BCUT2D eigenvalue weighted by atomic mass is 10.2. The maximum absolute atomic E-state index is 12.2. The smallest absolute Gasteiger partial charge is 0.242 e. The zero-order chi connectivity index (χ0) is 16.1. The van der Waals surface area contributed by atoms with Crippen molar-refractivity contribution in [3.05, 3.63) is 36.4 Å². The van der Waals surface area contributed by atoms with Crippen molar-refractivity contribution in [3.63, 3.8) is 0 Å². The number of nitrogens with one attached hydrogen (secondary N) is 2. The molecule has 0 bridgehead atoms. The highest BCUT2D eigenvalue weighted by Gasteiger charge is 2.18. The molecule has 0 aliphatic rings. The van der Waals surface area contributed by atoms with E-state index >= 15 is 0 Å². The summed E-state index contributed by atoms with van der Waals surface area (Å²) in [6.07, 6.45) is 4.25. The standard InChI is InChI=1S/C14H17N7OS/c1-23-7-6-12(16-13(22)8-21-9-15-19-20-21)14-17-10-4-2-3-5-11(10)18-14/h2-5,9,12H,6-8H2,1H3,(H,16,22)(H,17,18)/t12-/m0/s1. The van der Waals surface area contributed by atoms with Gasteiger partial charge in [-0.3, -0.25) is 4.79 Å². The lowest BCUT2D eigenvalue weighted by molar-refractivity contribution is -0.122. The Labute approximate surface area is 137 Å². The first-order chi connectivity index (χ1) is 11.3. The molecule has 2 heterocycles. The van der Waals surface area contributed by atoms with Crippen LogP contribution in [0.1, 0.15) is 18.3 Å². The predicted octanol–water partition coefficient (Wildman–Crippen LogP) is 1.16. The van der Waals surface area contributed by atoms with Gasteiger partial charge in [0, 0.05) is 0 Å². The van der Waals surface area contributed by atoms with E-state index < -0.39 is 0 Å². The third-order valence-corrected chi connectivity index (χ3v) is 4.02. The van der Waals surface area contributed by atoms with Crippen molar-refractivity contribution in [2.45, 2.75) is 19.0 Å². The maximum atomic E-state index is 12.2. The number of hydrogen-bond donors (Lipinski definition) is 2. The van der Waals surface area contributed by atoms with Crippen molar-refractivity contribution in [2.24, 2.45) is 0 Å². The van der Waals surface area contributed by atoms with Crippen LogP contribution in [0.2, 0.25) is 0 Å². The van der Waals surface area contributed by atoms with Crippen LogP contribution in [-0.2, 0) is 11.3 Å². The number of carbonyl (C=O) groups excluding carboxylic acids is 1. The van der Waals surface area contributed by atoms with Crippen molar-refractivity contribution < 1.29 is 4.79 Å². The third kappa shape index (κ3) is 3.86. The average molecular weight is 331 g/mol. The van der Waals surface area contributed by atoms with E-state index in [2.05, 4.69) is 30.8 Å². The molecule has 2 N–H and O–H groups in total. The number of rotatable bonds is 7. The molecule has 1 atom stereocenters. The average Bonchev–Trinajstić information content (AvgIpc) is 3.20. The molecule has 3 rings (SSSR count). The maximum Gasteiger partial charge on any atom is 0.242 e. The van der Waals surface area contributed by atoms with Crippen LogP contribution in [0.15, 0.2) is 30.6 Å². The van der Waals surface area contributed by atoms with E-state index in [0.717, 1.165) is 29.0 Å². The summed E-state index contributed by atoms with van der Waals surface area (Å²) in [7, 11) is 0. The van der Waals surface area contributed by atoms with E-state index in [1.807, 2.05) is 30.5 Å². The molecule has 2 aromatic heterocycles. The number of fused-ring (bicyclic) bond motifs is 1. The van der Waals surface area contributed by atoms with Crippen LogP contribution in [0.5, 0.6) is 0 Å². The van der Waals surface area contributed by atoms with Crippen LogP contribution in [0.4, 0.5) is 0 Å². The highest BCUT2D eigenvalue weighted by atomic mass is 32.2. The molecule has 0 aliphatic heterocycles. The Morgan fingerprint density at radius 1 is 1.43 bits per heavy atom. The minimum Gasteiger partial charge on any atom is -0.345 e. The van der Waals surface area contributed by atoms with Crippen LogP contribution in [0.25, 0.3) is 11.0 Å². The van der Waals surface area contributed by atoms with Crippen LogP contribution < -0.4 is 5.32 Å². The Morgan fingerprint density at radius 2 is 2.30 bits per heavy atom. The van der Waals surface area contributed by atoms with E-state index in [9.17, 15) is 4.79 Å². The SMILES string of the molecule is CSCC[C@H](NC(=O)Cn1cnnn1)c1nc2ccccc2[nH]1. The van der Waals surface area contributed by atoms with Crippen molar-refractivity contribution in [3.8, 4) is 0 Å². The monoisotopic (exact) mass is 331 g/mol. The topological polar surface area (TPSA) is 101 Å². The fourth-order valence-corrected chi connectivity index (χ4v) is 2.76. The van der Waals surface area contributed by atoms with Crippen molar-refractivity contribution in [1.82, 2.24) is 35.5 Å². The number of aromatic amines is 1. The molecule has 0 aliphatic carbocycles. The predicted molar refractivity (Wildman–Crippen MR) is 87.8 cm³/mol. The molecule has 1 amide bonds. The molecule has 0 unspecified atom stereocenters. The fourth-order valence-electron chi connectivity index (χ4n) is 2.29. The number of aromatic nitrogens is 6. The largest absolute Gasteiger partial charge is 0.345 e. The third-order valence-electron chi connectivity index (χ3n) is 3.38. The zero-order valence-corrected chi connectivity index (χ0v) is 13.5. The summed E-state index contributed by atoms with van der Waals surface area (Å²) >= 11 is 1.73. The number of imidazole rings is 1. The molecule has 120 valence electrons.